The number of carboxylic acids is 2. The lowest BCUT2D eigenvalue weighted by atomic mass is 10.1. The highest BCUT2D eigenvalue weighted by atomic mass is 16.5. The number of carbonyl (C=O) groups is 4. The average Bonchev–Trinajstić information content (AvgIpc) is 2.67. The largest absolute Gasteiger partial charge is 0.478 e. The highest BCUT2D eigenvalue weighted by Crippen LogP contribution is 2.14. The quantitative estimate of drug-likeness (QED) is 0.679. The van der Waals surface area contributed by atoms with Crippen molar-refractivity contribution in [2.45, 2.75) is 39.9 Å². The monoisotopic (exact) mass is 416 g/mol. The van der Waals surface area contributed by atoms with Gasteiger partial charge in [-0.25, -0.2) is 19.2 Å². The van der Waals surface area contributed by atoms with Crippen molar-refractivity contribution < 1.29 is 38.9 Å². The van der Waals surface area contributed by atoms with Crippen LogP contribution in [0.1, 0.15) is 69.1 Å². The highest BCUT2D eigenvalue weighted by molar-refractivity contribution is 6.03. The van der Waals surface area contributed by atoms with Crippen LogP contribution in [0.3, 0.4) is 0 Å². The van der Waals surface area contributed by atoms with Crippen molar-refractivity contribution in [2.24, 2.45) is 0 Å². The molecule has 0 atom stereocenters. The lowest BCUT2D eigenvalue weighted by Gasteiger charge is -2.12. The lowest BCUT2D eigenvalue weighted by molar-refractivity contribution is 0.0328. The van der Waals surface area contributed by atoms with Gasteiger partial charge in [0.1, 0.15) is 0 Å². The van der Waals surface area contributed by atoms with Crippen molar-refractivity contribution in [3.05, 3.63) is 70.8 Å². The number of carbonyl (C=O) groups excluding carboxylic acids is 2. The van der Waals surface area contributed by atoms with Crippen LogP contribution >= 0.6 is 0 Å². The fourth-order valence-electron chi connectivity index (χ4n) is 2.25. The maximum atomic E-state index is 11.8. The first kappa shape index (κ1) is 24.4. The molecule has 8 heteroatoms. The Balaban J connectivity index is 0.000000325. The zero-order chi connectivity index (χ0) is 22.8. The van der Waals surface area contributed by atoms with Gasteiger partial charge in [-0.1, -0.05) is 24.3 Å². The van der Waals surface area contributed by atoms with Crippen LogP contribution in [0, 0.1) is 0 Å². The Hall–Kier alpha value is -3.68. The van der Waals surface area contributed by atoms with Crippen molar-refractivity contribution in [2.75, 3.05) is 0 Å². The molecule has 160 valence electrons. The fraction of sp³-hybridized carbons (Fsp3) is 0.273. The van der Waals surface area contributed by atoms with Crippen LogP contribution in [0.5, 0.6) is 0 Å². The molecule has 0 aromatic heterocycles. The predicted octanol–water partition coefficient (Wildman–Crippen LogP) is 3.90. The summed E-state index contributed by atoms with van der Waals surface area (Å²) in [5.41, 5.74) is 0.0868. The summed E-state index contributed by atoms with van der Waals surface area (Å²) in [6, 6.07) is 12.0. The van der Waals surface area contributed by atoms with E-state index in [1.807, 2.05) is 0 Å². The smallest absolute Gasteiger partial charge is 0.339 e. The molecule has 2 aromatic rings. The highest BCUT2D eigenvalue weighted by Gasteiger charge is 2.20. The van der Waals surface area contributed by atoms with Gasteiger partial charge in [0.15, 0.2) is 0 Å². The van der Waals surface area contributed by atoms with Gasteiger partial charge in [-0.15, -0.1) is 0 Å². The van der Waals surface area contributed by atoms with Gasteiger partial charge in [-0.3, -0.25) is 0 Å². The summed E-state index contributed by atoms with van der Waals surface area (Å²) in [6.07, 6.45) is -0.460. The normalized spacial score (nSPS) is 10.1. The molecule has 0 aliphatic carbocycles. The number of rotatable bonds is 6. The van der Waals surface area contributed by atoms with E-state index in [0.29, 0.717) is 0 Å². The van der Waals surface area contributed by atoms with Crippen molar-refractivity contribution >= 4 is 23.9 Å². The van der Waals surface area contributed by atoms with Gasteiger partial charge in [0.05, 0.1) is 34.5 Å². The minimum absolute atomic E-state index is 0.190. The Kier molecular flexibility index (Phi) is 9.22. The molecular formula is C22H24O8. The summed E-state index contributed by atoms with van der Waals surface area (Å²) in [4.78, 5) is 44.6. The standard InChI is InChI=1S/C14H18O4.C8H6O4/c1-9(2)17-13(15)11-7-5-6-8-12(11)14(16)18-10(3)4;9-7(10)5-3-1-2-4-6(5)8(11)12/h5-10H,1-4H3;1-4H,(H,9,10)(H,11,12). The van der Waals surface area contributed by atoms with E-state index >= 15 is 0 Å². The Bertz CT molecular complexity index is 841. The first-order valence-corrected chi connectivity index (χ1v) is 9.11. The third-order valence-corrected chi connectivity index (χ3v) is 3.44. The van der Waals surface area contributed by atoms with Crippen LogP contribution in [-0.4, -0.2) is 46.3 Å². The third kappa shape index (κ3) is 7.38. The van der Waals surface area contributed by atoms with Crippen molar-refractivity contribution in [3.8, 4) is 0 Å². The molecule has 0 spiro atoms. The molecule has 0 amide bonds. The second-order valence-corrected chi connectivity index (χ2v) is 6.61. The number of ether oxygens (including phenoxy) is 2. The molecule has 0 radical (unpaired) electrons. The second-order valence-electron chi connectivity index (χ2n) is 6.61. The molecule has 0 saturated carbocycles. The zero-order valence-corrected chi connectivity index (χ0v) is 17.1. The summed E-state index contributed by atoms with van der Waals surface area (Å²) in [5.74, 6) is -3.48. The van der Waals surface area contributed by atoms with E-state index < -0.39 is 23.9 Å². The van der Waals surface area contributed by atoms with Gasteiger partial charge in [0.25, 0.3) is 0 Å². The average molecular weight is 416 g/mol. The Morgan fingerprint density at radius 3 is 1.10 bits per heavy atom. The number of carboxylic acid groups (broad SMARTS) is 2. The fourth-order valence-corrected chi connectivity index (χ4v) is 2.25. The van der Waals surface area contributed by atoms with E-state index in [2.05, 4.69) is 0 Å². The molecule has 2 rings (SSSR count). The van der Waals surface area contributed by atoms with Gasteiger partial charge in [0, 0.05) is 0 Å². The minimum Gasteiger partial charge on any atom is -0.478 e. The topological polar surface area (TPSA) is 127 Å². The SMILES string of the molecule is CC(C)OC(=O)c1ccccc1C(=O)OC(C)C.O=C(O)c1ccccc1C(=O)O. The van der Waals surface area contributed by atoms with Crippen LogP contribution in [0.2, 0.25) is 0 Å². The maximum Gasteiger partial charge on any atom is 0.339 e. The number of hydrogen-bond acceptors (Lipinski definition) is 6. The van der Waals surface area contributed by atoms with E-state index in [1.54, 1.807) is 52.0 Å². The summed E-state index contributed by atoms with van der Waals surface area (Å²) < 4.78 is 10.2. The summed E-state index contributed by atoms with van der Waals surface area (Å²) in [5, 5.41) is 17.1. The van der Waals surface area contributed by atoms with Gasteiger partial charge >= 0.3 is 23.9 Å². The Morgan fingerprint density at radius 2 is 0.867 bits per heavy atom. The van der Waals surface area contributed by atoms with Crippen molar-refractivity contribution in [3.63, 3.8) is 0 Å². The Morgan fingerprint density at radius 1 is 0.600 bits per heavy atom. The molecule has 0 fully saturated rings. The molecule has 30 heavy (non-hydrogen) atoms. The molecule has 8 nitrogen and oxygen atoms in total. The zero-order valence-electron chi connectivity index (χ0n) is 17.1. The molecule has 0 aliphatic heterocycles. The number of benzene rings is 2. The minimum atomic E-state index is -1.23. The summed E-state index contributed by atoms with van der Waals surface area (Å²) >= 11 is 0. The van der Waals surface area contributed by atoms with Crippen LogP contribution in [-0.2, 0) is 9.47 Å². The summed E-state index contributed by atoms with van der Waals surface area (Å²) in [6.45, 7) is 7.03. The van der Waals surface area contributed by atoms with Gasteiger partial charge in [-0.2, -0.15) is 0 Å². The molecule has 0 saturated heterocycles. The van der Waals surface area contributed by atoms with E-state index in [9.17, 15) is 19.2 Å². The predicted molar refractivity (Wildman–Crippen MR) is 108 cm³/mol. The second kappa shape index (κ2) is 11.4. The molecule has 0 unspecified atom stereocenters. The summed E-state index contributed by atoms with van der Waals surface area (Å²) in [7, 11) is 0. The van der Waals surface area contributed by atoms with Crippen molar-refractivity contribution in [1.29, 1.82) is 0 Å². The molecular weight excluding hydrogens is 392 g/mol. The van der Waals surface area contributed by atoms with Gasteiger partial charge in [-0.05, 0) is 52.0 Å². The van der Waals surface area contributed by atoms with Crippen LogP contribution < -0.4 is 0 Å². The van der Waals surface area contributed by atoms with E-state index in [-0.39, 0.29) is 34.5 Å². The lowest BCUT2D eigenvalue weighted by Crippen LogP contribution is -2.18. The van der Waals surface area contributed by atoms with Gasteiger partial charge < -0.3 is 19.7 Å². The number of hydrogen-bond donors (Lipinski definition) is 2. The van der Waals surface area contributed by atoms with Crippen LogP contribution in [0.4, 0.5) is 0 Å². The maximum absolute atomic E-state index is 11.8. The van der Waals surface area contributed by atoms with E-state index in [4.69, 9.17) is 19.7 Å². The Labute approximate surface area is 174 Å². The third-order valence-electron chi connectivity index (χ3n) is 3.44. The number of aromatic carboxylic acids is 2. The molecule has 2 aromatic carbocycles. The first-order valence-electron chi connectivity index (χ1n) is 9.11. The molecule has 2 N–H and O–H groups in total. The van der Waals surface area contributed by atoms with Crippen LogP contribution in [0.15, 0.2) is 48.5 Å². The van der Waals surface area contributed by atoms with Crippen molar-refractivity contribution in [1.82, 2.24) is 0 Å². The van der Waals surface area contributed by atoms with Crippen LogP contribution in [0.25, 0.3) is 0 Å². The number of esters is 2. The van der Waals surface area contributed by atoms with E-state index in [1.165, 1.54) is 24.3 Å². The molecule has 0 aliphatic rings. The molecule has 0 heterocycles. The first-order chi connectivity index (χ1) is 14.0. The van der Waals surface area contributed by atoms with E-state index in [0.717, 1.165) is 0 Å². The van der Waals surface area contributed by atoms with Gasteiger partial charge in [0.2, 0.25) is 0 Å². The molecule has 0 bridgehead atoms.